The Hall–Kier alpha value is -2.27. The Morgan fingerprint density at radius 3 is 2.64 bits per heavy atom. The Kier molecular flexibility index (Phi) is 5.61. The maximum Gasteiger partial charge on any atom is 0.244 e. The van der Waals surface area contributed by atoms with Crippen molar-refractivity contribution in [2.75, 3.05) is 14.2 Å². The minimum Gasteiger partial charge on any atom is -0.493 e. The molecule has 0 saturated heterocycles. The number of carbonyl (C=O) groups excluding carboxylic acids is 1. The number of amides is 1. The van der Waals surface area contributed by atoms with Crippen molar-refractivity contribution in [2.45, 2.75) is 13.5 Å². The van der Waals surface area contributed by atoms with Gasteiger partial charge in [-0.25, -0.2) is 0 Å². The Labute approximate surface area is 134 Å². The van der Waals surface area contributed by atoms with Crippen LogP contribution in [0.4, 0.5) is 0 Å². The Bertz CT molecular complexity index is 676. The molecule has 0 unspecified atom stereocenters. The molecule has 0 fully saturated rings. The van der Waals surface area contributed by atoms with E-state index in [1.54, 1.807) is 31.6 Å². The predicted octanol–water partition coefficient (Wildman–Crippen LogP) is 3.40. The van der Waals surface area contributed by atoms with Crippen LogP contribution in [0.2, 0.25) is 0 Å². The molecule has 0 aliphatic carbocycles. The summed E-state index contributed by atoms with van der Waals surface area (Å²) in [6, 6.07) is 7.61. The third kappa shape index (κ3) is 4.11. The van der Waals surface area contributed by atoms with Crippen molar-refractivity contribution < 1.29 is 14.3 Å². The van der Waals surface area contributed by atoms with E-state index in [0.717, 1.165) is 10.4 Å². The number of ether oxygens (including phenoxy) is 2. The lowest BCUT2D eigenvalue weighted by atomic mass is 10.2. The van der Waals surface area contributed by atoms with Gasteiger partial charge in [-0.3, -0.25) is 4.79 Å². The van der Waals surface area contributed by atoms with Crippen molar-refractivity contribution in [2.24, 2.45) is 0 Å². The monoisotopic (exact) mass is 317 g/mol. The van der Waals surface area contributed by atoms with Crippen LogP contribution in [-0.4, -0.2) is 20.1 Å². The number of benzene rings is 1. The topological polar surface area (TPSA) is 47.6 Å². The van der Waals surface area contributed by atoms with Gasteiger partial charge in [0.05, 0.1) is 14.2 Å². The van der Waals surface area contributed by atoms with Gasteiger partial charge in [0.25, 0.3) is 0 Å². The molecular weight excluding hydrogens is 298 g/mol. The first-order valence-corrected chi connectivity index (χ1v) is 7.73. The van der Waals surface area contributed by atoms with Crippen molar-refractivity contribution in [1.82, 2.24) is 5.32 Å². The van der Waals surface area contributed by atoms with E-state index in [-0.39, 0.29) is 5.91 Å². The fourth-order valence-corrected chi connectivity index (χ4v) is 2.76. The van der Waals surface area contributed by atoms with Gasteiger partial charge in [-0.1, -0.05) is 6.07 Å². The Balaban J connectivity index is 1.94. The molecule has 1 amide bonds. The van der Waals surface area contributed by atoms with E-state index in [9.17, 15) is 4.79 Å². The normalized spacial score (nSPS) is 10.7. The highest BCUT2D eigenvalue weighted by molar-refractivity contribution is 7.11. The molecule has 4 nitrogen and oxygen atoms in total. The largest absolute Gasteiger partial charge is 0.493 e. The van der Waals surface area contributed by atoms with Crippen molar-refractivity contribution in [3.05, 3.63) is 51.7 Å². The van der Waals surface area contributed by atoms with E-state index in [0.29, 0.717) is 18.0 Å². The second-order valence-electron chi connectivity index (χ2n) is 4.71. The minimum atomic E-state index is -0.123. The number of hydrogen-bond donors (Lipinski definition) is 1. The van der Waals surface area contributed by atoms with Crippen molar-refractivity contribution in [1.29, 1.82) is 0 Å². The minimum absolute atomic E-state index is 0.123. The average Bonchev–Trinajstić information content (AvgIpc) is 2.95. The first kappa shape index (κ1) is 16.1. The van der Waals surface area contributed by atoms with Gasteiger partial charge in [0.1, 0.15) is 0 Å². The lowest BCUT2D eigenvalue weighted by Gasteiger charge is -2.09. The zero-order valence-corrected chi connectivity index (χ0v) is 13.7. The van der Waals surface area contributed by atoms with Crippen LogP contribution in [0.25, 0.3) is 6.08 Å². The zero-order chi connectivity index (χ0) is 15.9. The molecule has 0 spiro atoms. The van der Waals surface area contributed by atoms with Crippen LogP contribution in [0.5, 0.6) is 11.5 Å². The van der Waals surface area contributed by atoms with Crippen LogP contribution in [0.1, 0.15) is 16.0 Å². The summed E-state index contributed by atoms with van der Waals surface area (Å²) >= 11 is 1.62. The standard InChI is InChI=1S/C17H19NO3S/c1-12-8-9-22-16(12)6-7-17(19)18-11-13-4-5-14(20-2)15(10-13)21-3/h4-10H,11H2,1-3H3,(H,18,19)/b7-6+. The Morgan fingerprint density at radius 2 is 2.00 bits per heavy atom. The summed E-state index contributed by atoms with van der Waals surface area (Å²) in [6.07, 6.45) is 3.39. The van der Waals surface area contributed by atoms with Gasteiger partial charge < -0.3 is 14.8 Å². The van der Waals surface area contributed by atoms with Gasteiger partial charge in [-0.2, -0.15) is 0 Å². The molecule has 0 aliphatic rings. The van der Waals surface area contributed by atoms with Gasteiger partial charge in [-0.05, 0) is 47.7 Å². The summed E-state index contributed by atoms with van der Waals surface area (Å²) in [6.45, 7) is 2.46. The van der Waals surface area contributed by atoms with E-state index < -0.39 is 0 Å². The summed E-state index contributed by atoms with van der Waals surface area (Å²) in [5, 5.41) is 4.86. The number of aryl methyl sites for hydroxylation is 1. The van der Waals surface area contributed by atoms with E-state index in [1.165, 1.54) is 5.56 Å². The SMILES string of the molecule is COc1ccc(CNC(=O)/C=C/c2sccc2C)cc1OC. The van der Waals surface area contributed by atoms with E-state index in [4.69, 9.17) is 9.47 Å². The molecule has 2 rings (SSSR count). The van der Waals surface area contributed by atoms with E-state index >= 15 is 0 Å². The molecular formula is C17H19NO3S. The lowest BCUT2D eigenvalue weighted by molar-refractivity contribution is -0.116. The van der Waals surface area contributed by atoms with Crippen LogP contribution in [-0.2, 0) is 11.3 Å². The number of thiophene rings is 1. The first-order chi connectivity index (χ1) is 10.6. The molecule has 1 N–H and O–H groups in total. The Morgan fingerprint density at radius 1 is 1.23 bits per heavy atom. The summed E-state index contributed by atoms with van der Waals surface area (Å²) in [4.78, 5) is 12.9. The summed E-state index contributed by atoms with van der Waals surface area (Å²) in [5.41, 5.74) is 2.13. The summed E-state index contributed by atoms with van der Waals surface area (Å²) in [7, 11) is 3.18. The number of hydrogen-bond acceptors (Lipinski definition) is 4. The second-order valence-corrected chi connectivity index (χ2v) is 5.66. The number of nitrogens with one attached hydrogen (secondary N) is 1. The van der Waals surface area contributed by atoms with Gasteiger partial charge in [0.15, 0.2) is 11.5 Å². The van der Waals surface area contributed by atoms with Crippen LogP contribution in [0.15, 0.2) is 35.7 Å². The van der Waals surface area contributed by atoms with Gasteiger partial charge in [0, 0.05) is 17.5 Å². The highest BCUT2D eigenvalue weighted by Gasteiger charge is 2.05. The summed E-state index contributed by atoms with van der Waals surface area (Å²) in [5.74, 6) is 1.20. The number of methoxy groups -OCH3 is 2. The molecule has 0 bridgehead atoms. The van der Waals surface area contributed by atoms with E-state index in [1.807, 2.05) is 42.6 Å². The number of carbonyl (C=O) groups is 1. The molecule has 0 atom stereocenters. The highest BCUT2D eigenvalue weighted by atomic mass is 32.1. The van der Waals surface area contributed by atoms with E-state index in [2.05, 4.69) is 5.32 Å². The third-order valence-corrected chi connectivity index (χ3v) is 4.19. The third-order valence-electron chi connectivity index (χ3n) is 3.20. The average molecular weight is 317 g/mol. The molecule has 1 heterocycles. The zero-order valence-electron chi connectivity index (χ0n) is 12.9. The molecule has 0 aliphatic heterocycles. The molecule has 22 heavy (non-hydrogen) atoms. The first-order valence-electron chi connectivity index (χ1n) is 6.85. The molecule has 0 saturated carbocycles. The highest BCUT2D eigenvalue weighted by Crippen LogP contribution is 2.27. The maximum atomic E-state index is 11.9. The van der Waals surface area contributed by atoms with Gasteiger partial charge in [-0.15, -0.1) is 11.3 Å². The van der Waals surface area contributed by atoms with Crippen LogP contribution < -0.4 is 14.8 Å². The molecule has 1 aromatic heterocycles. The van der Waals surface area contributed by atoms with Crippen LogP contribution >= 0.6 is 11.3 Å². The molecule has 116 valence electrons. The fraction of sp³-hybridized carbons (Fsp3) is 0.235. The molecule has 1 aromatic carbocycles. The van der Waals surface area contributed by atoms with Crippen LogP contribution in [0, 0.1) is 6.92 Å². The van der Waals surface area contributed by atoms with Crippen molar-refractivity contribution in [3.63, 3.8) is 0 Å². The fourth-order valence-electron chi connectivity index (χ4n) is 1.95. The molecule has 2 aromatic rings. The second kappa shape index (κ2) is 7.66. The number of rotatable bonds is 6. The van der Waals surface area contributed by atoms with Gasteiger partial charge in [0.2, 0.25) is 5.91 Å². The predicted molar refractivity (Wildman–Crippen MR) is 89.5 cm³/mol. The maximum absolute atomic E-state index is 11.9. The van der Waals surface area contributed by atoms with Gasteiger partial charge >= 0.3 is 0 Å². The van der Waals surface area contributed by atoms with Crippen molar-refractivity contribution in [3.8, 4) is 11.5 Å². The summed E-state index contributed by atoms with van der Waals surface area (Å²) < 4.78 is 10.4. The van der Waals surface area contributed by atoms with Crippen molar-refractivity contribution >= 4 is 23.3 Å². The molecule has 5 heteroatoms. The quantitative estimate of drug-likeness (QED) is 0.831. The smallest absolute Gasteiger partial charge is 0.244 e. The lowest BCUT2D eigenvalue weighted by Crippen LogP contribution is -2.20. The molecule has 0 radical (unpaired) electrons. The van der Waals surface area contributed by atoms with Crippen LogP contribution in [0.3, 0.4) is 0 Å².